The summed E-state index contributed by atoms with van der Waals surface area (Å²) in [5.74, 6) is 0. The molecular formula is C68H30N12. The van der Waals surface area contributed by atoms with Gasteiger partial charge in [-0.2, -0.15) is 47.4 Å². The molecule has 0 aliphatic rings. The van der Waals surface area contributed by atoms with Gasteiger partial charge in [-0.1, -0.05) is 72.8 Å². The van der Waals surface area contributed by atoms with Gasteiger partial charge in [-0.05, 0) is 147 Å². The largest absolute Gasteiger partial charge is 0.308 e. The highest BCUT2D eigenvalue weighted by molar-refractivity contribution is 6.14. The fourth-order valence-electron chi connectivity index (χ4n) is 10.9. The first kappa shape index (κ1) is 48.1. The molecule has 3 heterocycles. The second-order valence-electron chi connectivity index (χ2n) is 18.8. The highest BCUT2D eigenvalue weighted by Crippen LogP contribution is 2.46. The number of aromatic nitrogens is 3. The van der Waals surface area contributed by atoms with Crippen LogP contribution in [0.15, 0.2) is 182 Å². The number of nitrogens with zero attached hydrogens (tertiary/aromatic N) is 12. The quantitative estimate of drug-likeness (QED) is 0.146. The Kier molecular flexibility index (Phi) is 11.7. The Morgan fingerprint density at radius 3 is 0.812 bits per heavy atom. The molecule has 0 unspecified atom stereocenters. The van der Waals surface area contributed by atoms with Crippen molar-refractivity contribution in [2.45, 2.75) is 0 Å². The fourth-order valence-corrected chi connectivity index (χ4v) is 10.9. The van der Waals surface area contributed by atoms with Gasteiger partial charge in [-0.3, -0.25) is 4.98 Å². The van der Waals surface area contributed by atoms with Gasteiger partial charge in [-0.15, -0.1) is 0 Å². The Labute approximate surface area is 456 Å². The molecule has 80 heavy (non-hydrogen) atoms. The molecule has 0 amide bonds. The van der Waals surface area contributed by atoms with Crippen LogP contribution in [0, 0.1) is 102 Å². The lowest BCUT2D eigenvalue weighted by molar-refractivity contribution is 1.13. The standard InChI is InChI=1S/C68H30N12/c69-31-40-1-9-54(50(21-40)36-74)46-5-13-58-59-14-6-47(55-10-2-41(32-70)22-51(55)37-75)28-63(59)79(62(58)27-46)66-25-44(35-73)26-67(68(66)45-17-19-78-20-18-45)80-64-29-48(56-11-3-42(33-71)23-52(56)38-76)7-15-60(64)61-16-8-49(30-65(61)80)57-12-4-43(34-72)24-53(57)39-77/h1-30H. The summed E-state index contributed by atoms with van der Waals surface area (Å²) in [6.07, 6.45) is 3.38. The molecule has 0 fully saturated rings. The Hall–Kier alpha value is -12.9. The van der Waals surface area contributed by atoms with Gasteiger partial charge in [0, 0.05) is 39.5 Å². The summed E-state index contributed by atoms with van der Waals surface area (Å²) in [4.78, 5) is 4.43. The van der Waals surface area contributed by atoms with Crippen molar-refractivity contribution in [3.05, 3.63) is 232 Å². The lowest BCUT2D eigenvalue weighted by Gasteiger charge is -2.21. The summed E-state index contributed by atoms with van der Waals surface area (Å²) >= 11 is 0. The van der Waals surface area contributed by atoms with Crippen molar-refractivity contribution in [2.24, 2.45) is 0 Å². The first-order valence-corrected chi connectivity index (χ1v) is 24.7. The van der Waals surface area contributed by atoms with E-state index < -0.39 is 0 Å². The van der Waals surface area contributed by atoms with Crippen LogP contribution in [0.2, 0.25) is 0 Å². The zero-order chi connectivity index (χ0) is 55.2. The third-order valence-corrected chi connectivity index (χ3v) is 14.5. The smallest absolute Gasteiger partial charge is 0.0998 e. The number of benzene rings is 9. The predicted octanol–water partition coefficient (Wildman–Crippen LogP) is 14.5. The van der Waals surface area contributed by atoms with E-state index in [0.717, 1.165) is 27.1 Å². The van der Waals surface area contributed by atoms with Gasteiger partial charge >= 0.3 is 0 Å². The number of hydrogen-bond donors (Lipinski definition) is 0. The Morgan fingerprint density at radius 1 is 0.263 bits per heavy atom. The minimum absolute atomic E-state index is 0.285. The topological polar surface area (TPSA) is 237 Å². The number of hydrogen-bond acceptors (Lipinski definition) is 10. The SMILES string of the molecule is N#Cc1ccc(-c2ccc3c4ccc(-c5ccc(C#N)cc5C#N)cc4n(-c4cc(C#N)cc(-n5c6cc(-c7ccc(C#N)cc7C#N)ccc6c6ccc(-c7ccc(C#N)cc7C#N)cc65)c4-c4ccncc4)c3c2)c(C#N)c1. The molecule has 12 heteroatoms. The van der Waals surface area contributed by atoms with Gasteiger partial charge in [0.1, 0.15) is 0 Å². The van der Waals surface area contributed by atoms with Gasteiger partial charge in [0.05, 0.1) is 138 Å². The van der Waals surface area contributed by atoms with E-state index in [4.69, 9.17) is 0 Å². The summed E-state index contributed by atoms with van der Waals surface area (Å²) < 4.78 is 4.17. The summed E-state index contributed by atoms with van der Waals surface area (Å²) in [6.45, 7) is 0. The Morgan fingerprint density at radius 2 is 0.550 bits per heavy atom. The van der Waals surface area contributed by atoms with Crippen LogP contribution >= 0.6 is 0 Å². The second-order valence-corrected chi connectivity index (χ2v) is 18.8. The van der Waals surface area contributed by atoms with Crippen molar-refractivity contribution in [3.63, 3.8) is 0 Å². The van der Waals surface area contributed by atoms with Crippen molar-refractivity contribution < 1.29 is 0 Å². The molecule has 3 aromatic heterocycles. The highest BCUT2D eigenvalue weighted by Gasteiger charge is 2.26. The maximum Gasteiger partial charge on any atom is 0.0998 e. The molecule has 0 bridgehead atoms. The minimum Gasteiger partial charge on any atom is -0.308 e. The van der Waals surface area contributed by atoms with Gasteiger partial charge < -0.3 is 9.13 Å². The first-order valence-electron chi connectivity index (χ1n) is 24.7. The average Bonchev–Trinajstić information content (AvgIpc) is 4.03. The lowest BCUT2D eigenvalue weighted by Crippen LogP contribution is -2.05. The Balaban J connectivity index is 1.25. The maximum atomic E-state index is 11.3. The van der Waals surface area contributed by atoms with Crippen molar-refractivity contribution >= 4 is 43.6 Å². The van der Waals surface area contributed by atoms with Gasteiger partial charge in [-0.25, -0.2) is 0 Å². The number of nitriles is 9. The van der Waals surface area contributed by atoms with Crippen LogP contribution in [0.1, 0.15) is 50.1 Å². The summed E-state index contributed by atoms with van der Waals surface area (Å²) in [7, 11) is 0. The summed E-state index contributed by atoms with van der Waals surface area (Å²) in [5.41, 5.74) is 13.3. The van der Waals surface area contributed by atoms with Crippen molar-refractivity contribution in [1.29, 1.82) is 47.4 Å². The Bertz CT molecular complexity index is 4570. The summed E-state index contributed by atoms with van der Waals surface area (Å²) in [6, 6.07) is 71.1. The molecule has 0 atom stereocenters. The number of pyridine rings is 1. The van der Waals surface area contributed by atoms with Crippen LogP contribution in [0.4, 0.5) is 0 Å². The van der Waals surface area contributed by atoms with Gasteiger partial charge in [0.15, 0.2) is 0 Å². The average molecular weight is 1020 g/mol. The molecule has 12 aromatic rings. The molecule has 12 rings (SSSR count). The van der Waals surface area contributed by atoms with Crippen LogP contribution < -0.4 is 0 Å². The number of fused-ring (bicyclic) bond motifs is 6. The molecule has 12 nitrogen and oxygen atoms in total. The molecule has 0 saturated carbocycles. The molecule has 0 spiro atoms. The van der Waals surface area contributed by atoms with Gasteiger partial charge in [0.2, 0.25) is 0 Å². The van der Waals surface area contributed by atoms with Gasteiger partial charge in [0.25, 0.3) is 0 Å². The second kappa shape index (κ2) is 19.4. The molecular weight excluding hydrogens is 985 g/mol. The summed E-state index contributed by atoms with van der Waals surface area (Å²) in [5, 5.41) is 95.4. The van der Waals surface area contributed by atoms with Crippen LogP contribution in [0.25, 0.3) is 111 Å². The monoisotopic (exact) mass is 1010 g/mol. The van der Waals surface area contributed by atoms with E-state index in [-0.39, 0.29) is 5.56 Å². The zero-order valence-corrected chi connectivity index (χ0v) is 41.7. The van der Waals surface area contributed by atoms with Crippen LogP contribution in [-0.4, -0.2) is 14.1 Å². The number of rotatable bonds is 7. The van der Waals surface area contributed by atoms with Crippen LogP contribution in [0.5, 0.6) is 0 Å². The highest BCUT2D eigenvalue weighted by atomic mass is 15.0. The minimum atomic E-state index is 0.285. The fraction of sp³-hybridized carbons (Fsp3) is 0. The third kappa shape index (κ3) is 7.82. The van der Waals surface area contributed by atoms with E-state index in [1.165, 1.54) is 0 Å². The lowest BCUT2D eigenvalue weighted by atomic mass is 9.96. The van der Waals surface area contributed by atoms with E-state index in [1.807, 2.05) is 97.1 Å². The molecule has 362 valence electrons. The van der Waals surface area contributed by atoms with E-state index in [0.29, 0.717) is 128 Å². The maximum absolute atomic E-state index is 11.3. The molecule has 0 aliphatic heterocycles. The normalized spacial score (nSPS) is 10.6. The molecule has 0 aliphatic carbocycles. The van der Waals surface area contributed by atoms with Crippen LogP contribution in [0.3, 0.4) is 0 Å². The predicted molar refractivity (Wildman–Crippen MR) is 303 cm³/mol. The van der Waals surface area contributed by atoms with E-state index in [1.54, 1.807) is 85.2 Å². The molecule has 0 saturated heterocycles. The zero-order valence-electron chi connectivity index (χ0n) is 41.7. The van der Waals surface area contributed by atoms with E-state index in [9.17, 15) is 47.4 Å². The van der Waals surface area contributed by atoms with Crippen molar-refractivity contribution in [1.82, 2.24) is 14.1 Å². The molecule has 0 radical (unpaired) electrons. The molecule has 0 N–H and O–H groups in total. The van der Waals surface area contributed by atoms with E-state index >= 15 is 0 Å². The first-order chi connectivity index (χ1) is 39.2. The molecule has 9 aromatic carbocycles. The van der Waals surface area contributed by atoms with Crippen molar-refractivity contribution in [2.75, 3.05) is 0 Å². The third-order valence-electron chi connectivity index (χ3n) is 14.5. The van der Waals surface area contributed by atoms with E-state index in [2.05, 4.69) is 68.7 Å². The van der Waals surface area contributed by atoms with Crippen LogP contribution in [-0.2, 0) is 0 Å². The van der Waals surface area contributed by atoms with Crippen molar-refractivity contribution in [3.8, 4) is 122 Å².